The largest absolute Gasteiger partial charge is 0.378 e. The van der Waals surface area contributed by atoms with E-state index < -0.39 is 0 Å². The van der Waals surface area contributed by atoms with Crippen molar-refractivity contribution in [2.24, 2.45) is 0 Å². The van der Waals surface area contributed by atoms with Gasteiger partial charge in [-0.1, -0.05) is 35.9 Å². The molecule has 2 rings (SSSR count). The van der Waals surface area contributed by atoms with Gasteiger partial charge in [-0.2, -0.15) is 5.10 Å². The summed E-state index contributed by atoms with van der Waals surface area (Å²) in [5, 5.41) is 9.37. The first kappa shape index (κ1) is 16.5. The van der Waals surface area contributed by atoms with E-state index >= 15 is 0 Å². The van der Waals surface area contributed by atoms with Gasteiger partial charge in [-0.15, -0.1) is 0 Å². The van der Waals surface area contributed by atoms with Gasteiger partial charge in [-0.25, -0.2) is 5.10 Å². The van der Waals surface area contributed by atoms with E-state index in [9.17, 15) is 4.79 Å². The molecule has 2 aromatic rings. The van der Waals surface area contributed by atoms with Crippen LogP contribution in [0, 0.1) is 0 Å². The second-order valence-corrected chi connectivity index (χ2v) is 5.94. The molecule has 1 aromatic carbocycles. The number of nitrogens with one attached hydrogen (secondary N) is 2. The monoisotopic (exact) mass is 320 g/mol. The van der Waals surface area contributed by atoms with Crippen LogP contribution in [0.1, 0.15) is 25.0 Å². The molecule has 0 saturated heterocycles. The maximum Gasteiger partial charge on any atom is 0.285 e. The first-order valence-electron chi connectivity index (χ1n) is 7.23. The third kappa shape index (κ3) is 4.08. The van der Waals surface area contributed by atoms with E-state index in [1.54, 1.807) is 0 Å². The zero-order chi connectivity index (χ0) is 16.1. The summed E-state index contributed by atoms with van der Waals surface area (Å²) in [7, 11) is 2.10. The summed E-state index contributed by atoms with van der Waals surface area (Å²) in [6.07, 6.45) is 1.52. The van der Waals surface area contributed by atoms with Crippen LogP contribution in [0.4, 0.5) is 5.69 Å². The minimum atomic E-state index is -0.389. The summed E-state index contributed by atoms with van der Waals surface area (Å²) in [5.74, 6) is 0. The van der Waals surface area contributed by atoms with Crippen molar-refractivity contribution in [1.29, 1.82) is 0 Å². The van der Waals surface area contributed by atoms with Gasteiger partial charge in [-0.05, 0) is 32.0 Å². The van der Waals surface area contributed by atoms with Crippen molar-refractivity contribution in [1.82, 2.24) is 15.1 Å². The Morgan fingerprint density at radius 3 is 2.68 bits per heavy atom. The normalized spacial score (nSPS) is 11.2. The van der Waals surface area contributed by atoms with E-state index in [1.807, 2.05) is 12.1 Å². The van der Waals surface area contributed by atoms with Crippen molar-refractivity contribution < 1.29 is 0 Å². The molecule has 0 spiro atoms. The van der Waals surface area contributed by atoms with Crippen LogP contribution in [-0.4, -0.2) is 28.2 Å². The predicted octanol–water partition coefficient (Wildman–Crippen LogP) is 2.88. The lowest BCUT2D eigenvalue weighted by atomic mass is 10.1. The average Bonchev–Trinajstić information content (AvgIpc) is 2.50. The topological polar surface area (TPSA) is 61.0 Å². The molecule has 0 atom stereocenters. The number of nitrogens with zero attached hydrogens (tertiary/aromatic N) is 2. The van der Waals surface area contributed by atoms with Gasteiger partial charge in [0.15, 0.2) is 0 Å². The quantitative estimate of drug-likeness (QED) is 0.859. The fourth-order valence-corrected chi connectivity index (χ4v) is 2.19. The number of rotatable bonds is 6. The number of hydrogen-bond donors (Lipinski definition) is 2. The van der Waals surface area contributed by atoms with Crippen LogP contribution in [0.2, 0.25) is 5.02 Å². The van der Waals surface area contributed by atoms with E-state index in [0.717, 1.165) is 6.54 Å². The molecule has 0 fully saturated rings. The van der Waals surface area contributed by atoms with Gasteiger partial charge in [0.1, 0.15) is 5.02 Å². The number of aromatic amines is 1. The van der Waals surface area contributed by atoms with Gasteiger partial charge in [-0.3, -0.25) is 9.69 Å². The van der Waals surface area contributed by atoms with Gasteiger partial charge < -0.3 is 5.32 Å². The summed E-state index contributed by atoms with van der Waals surface area (Å²) in [4.78, 5) is 13.7. The van der Waals surface area contributed by atoms with Crippen molar-refractivity contribution in [2.45, 2.75) is 33.0 Å². The molecule has 6 heteroatoms. The minimum Gasteiger partial charge on any atom is -0.378 e. The van der Waals surface area contributed by atoms with Crippen molar-refractivity contribution in [2.75, 3.05) is 12.4 Å². The lowest BCUT2D eigenvalue weighted by molar-refractivity contribution is 0.265. The number of hydrogen-bond acceptors (Lipinski definition) is 4. The Bertz CT molecular complexity index is 684. The van der Waals surface area contributed by atoms with Crippen LogP contribution in [0.3, 0.4) is 0 Å². The van der Waals surface area contributed by atoms with Gasteiger partial charge in [0.2, 0.25) is 0 Å². The Labute approximate surface area is 135 Å². The third-order valence-corrected chi connectivity index (χ3v) is 4.06. The second kappa shape index (κ2) is 7.42. The highest BCUT2D eigenvalue weighted by molar-refractivity contribution is 6.32. The van der Waals surface area contributed by atoms with Gasteiger partial charge in [0.05, 0.1) is 11.9 Å². The summed E-state index contributed by atoms with van der Waals surface area (Å²) < 4.78 is 0. The molecule has 0 aliphatic carbocycles. The molecule has 5 nitrogen and oxygen atoms in total. The Morgan fingerprint density at radius 1 is 1.32 bits per heavy atom. The zero-order valence-corrected chi connectivity index (χ0v) is 13.8. The van der Waals surface area contributed by atoms with E-state index in [4.69, 9.17) is 11.6 Å². The number of halogens is 1. The number of H-pyrrole nitrogens is 1. The van der Waals surface area contributed by atoms with Gasteiger partial charge in [0.25, 0.3) is 5.56 Å². The highest BCUT2D eigenvalue weighted by Gasteiger charge is 2.09. The van der Waals surface area contributed by atoms with Crippen LogP contribution in [0.15, 0.2) is 35.3 Å². The van der Waals surface area contributed by atoms with Crippen molar-refractivity contribution in [3.63, 3.8) is 0 Å². The van der Waals surface area contributed by atoms with Crippen LogP contribution in [0.25, 0.3) is 0 Å². The van der Waals surface area contributed by atoms with E-state index in [1.165, 1.54) is 17.3 Å². The first-order valence-corrected chi connectivity index (χ1v) is 7.61. The molecule has 0 amide bonds. The number of benzene rings is 1. The maximum absolute atomic E-state index is 11.4. The van der Waals surface area contributed by atoms with Gasteiger partial charge >= 0.3 is 0 Å². The van der Waals surface area contributed by atoms with Crippen LogP contribution in [-0.2, 0) is 13.1 Å². The highest BCUT2D eigenvalue weighted by atomic mass is 35.5. The molecule has 0 saturated carbocycles. The van der Waals surface area contributed by atoms with Crippen molar-refractivity contribution in [3.8, 4) is 0 Å². The Balaban J connectivity index is 2.13. The zero-order valence-electron chi connectivity index (χ0n) is 13.1. The fraction of sp³-hybridized carbons (Fsp3) is 0.375. The van der Waals surface area contributed by atoms with Crippen molar-refractivity contribution >= 4 is 17.3 Å². The molecule has 0 aliphatic rings. The van der Waals surface area contributed by atoms with Crippen LogP contribution >= 0.6 is 11.6 Å². The first-order chi connectivity index (χ1) is 10.5. The lowest BCUT2D eigenvalue weighted by Gasteiger charge is -2.22. The summed E-state index contributed by atoms with van der Waals surface area (Å²) >= 11 is 5.97. The second-order valence-electron chi connectivity index (χ2n) is 5.56. The summed E-state index contributed by atoms with van der Waals surface area (Å²) in [5.41, 5.74) is 2.57. The molecular weight excluding hydrogens is 300 g/mol. The molecule has 1 aromatic heterocycles. The molecular formula is C16H21ClN4O. The van der Waals surface area contributed by atoms with Crippen molar-refractivity contribution in [3.05, 3.63) is 57.0 Å². The molecule has 118 valence electrons. The molecule has 0 bridgehead atoms. The molecule has 0 aliphatic heterocycles. The Hall–Kier alpha value is -1.85. The number of anilines is 1. The maximum atomic E-state index is 11.4. The van der Waals surface area contributed by atoms with Crippen LogP contribution in [0.5, 0.6) is 0 Å². The molecule has 0 radical (unpaired) electrons. The fourth-order valence-electron chi connectivity index (χ4n) is 2.03. The van der Waals surface area contributed by atoms with E-state index in [0.29, 0.717) is 18.3 Å². The van der Waals surface area contributed by atoms with E-state index in [2.05, 4.69) is 53.4 Å². The standard InChI is InChI=1S/C16H21ClN4O/c1-11(2)21(3)10-13-7-5-4-6-12(13)8-18-14-9-19-20-16(22)15(14)17/h4-7,9,11H,8,10H2,1-3H3,(H2,18,20,22). The smallest absolute Gasteiger partial charge is 0.285 e. The van der Waals surface area contributed by atoms with Crippen LogP contribution < -0.4 is 10.9 Å². The highest BCUT2D eigenvalue weighted by Crippen LogP contribution is 2.18. The SMILES string of the molecule is CC(C)N(C)Cc1ccccc1CNc1cn[nH]c(=O)c1Cl. The molecule has 0 unspecified atom stereocenters. The minimum absolute atomic E-state index is 0.131. The Morgan fingerprint density at radius 2 is 2.00 bits per heavy atom. The predicted molar refractivity (Wildman–Crippen MR) is 90.2 cm³/mol. The molecule has 2 N–H and O–H groups in total. The third-order valence-electron chi connectivity index (χ3n) is 3.68. The lowest BCUT2D eigenvalue weighted by Crippen LogP contribution is -2.26. The van der Waals surface area contributed by atoms with Gasteiger partial charge in [0, 0.05) is 19.1 Å². The Kier molecular flexibility index (Phi) is 5.57. The van der Waals surface area contributed by atoms with E-state index in [-0.39, 0.29) is 10.6 Å². The molecule has 1 heterocycles. The summed E-state index contributed by atoms with van der Waals surface area (Å²) in [6, 6.07) is 8.72. The summed E-state index contributed by atoms with van der Waals surface area (Å²) in [6.45, 7) is 5.80. The number of aromatic nitrogens is 2. The average molecular weight is 321 g/mol. The molecule has 22 heavy (non-hydrogen) atoms.